The molecule has 0 fully saturated rings. The van der Waals surface area contributed by atoms with E-state index in [2.05, 4.69) is 27.5 Å². The maximum Gasteiger partial charge on any atom is 0.132 e. The molecule has 0 bridgehead atoms. The van der Waals surface area contributed by atoms with Crippen molar-refractivity contribution in [1.82, 2.24) is 15.3 Å². The molecule has 0 saturated heterocycles. The average Bonchev–Trinajstić information content (AvgIpc) is 2.62. The SMILES string of the molecule is CNCC(C)CNc1ncnc2c1CCCCC2. The molecule has 1 atom stereocenters. The lowest BCUT2D eigenvalue weighted by molar-refractivity contribution is 0.568. The lowest BCUT2D eigenvalue weighted by atomic mass is 10.1. The Labute approximate surface area is 110 Å². The van der Waals surface area contributed by atoms with Crippen LogP contribution in [0.25, 0.3) is 0 Å². The van der Waals surface area contributed by atoms with Crippen molar-refractivity contribution >= 4 is 5.82 Å². The van der Waals surface area contributed by atoms with Gasteiger partial charge in [0.2, 0.25) is 0 Å². The van der Waals surface area contributed by atoms with Crippen molar-refractivity contribution in [3.63, 3.8) is 0 Å². The summed E-state index contributed by atoms with van der Waals surface area (Å²) in [4.78, 5) is 8.86. The van der Waals surface area contributed by atoms with Crippen LogP contribution in [0.15, 0.2) is 6.33 Å². The Morgan fingerprint density at radius 3 is 2.83 bits per heavy atom. The van der Waals surface area contributed by atoms with Crippen LogP contribution in [-0.2, 0) is 12.8 Å². The number of nitrogens with one attached hydrogen (secondary N) is 2. The number of nitrogens with zero attached hydrogens (tertiary/aromatic N) is 2. The predicted molar refractivity (Wildman–Crippen MR) is 74.9 cm³/mol. The topological polar surface area (TPSA) is 49.8 Å². The van der Waals surface area contributed by atoms with Gasteiger partial charge in [-0.2, -0.15) is 0 Å². The van der Waals surface area contributed by atoms with Gasteiger partial charge in [0.1, 0.15) is 12.1 Å². The summed E-state index contributed by atoms with van der Waals surface area (Å²) >= 11 is 0. The molecule has 4 nitrogen and oxygen atoms in total. The summed E-state index contributed by atoms with van der Waals surface area (Å²) in [6, 6.07) is 0. The quantitative estimate of drug-likeness (QED) is 0.783. The molecule has 2 rings (SSSR count). The zero-order chi connectivity index (χ0) is 12.8. The standard InChI is InChI=1S/C14H24N4/c1-11(8-15-2)9-16-14-12-6-4-3-5-7-13(12)17-10-18-14/h10-11,15H,3-9H2,1-2H3,(H,16,17,18). The molecule has 4 heteroatoms. The first-order valence-corrected chi connectivity index (χ1v) is 7.02. The Hall–Kier alpha value is -1.16. The van der Waals surface area contributed by atoms with E-state index in [1.807, 2.05) is 7.05 Å². The van der Waals surface area contributed by atoms with Crippen LogP contribution in [0.1, 0.15) is 37.4 Å². The molecule has 1 aliphatic carbocycles. The number of aryl methyl sites for hydroxylation is 1. The summed E-state index contributed by atoms with van der Waals surface area (Å²) in [5.74, 6) is 1.66. The van der Waals surface area contributed by atoms with Gasteiger partial charge in [-0.15, -0.1) is 0 Å². The highest BCUT2D eigenvalue weighted by Gasteiger charge is 2.14. The van der Waals surface area contributed by atoms with Gasteiger partial charge in [0.05, 0.1) is 0 Å². The van der Waals surface area contributed by atoms with Crippen LogP contribution in [0, 0.1) is 5.92 Å². The molecule has 1 aromatic heterocycles. The maximum atomic E-state index is 4.44. The van der Waals surface area contributed by atoms with Crippen LogP contribution in [0.2, 0.25) is 0 Å². The Morgan fingerprint density at radius 1 is 1.17 bits per heavy atom. The Morgan fingerprint density at radius 2 is 2.00 bits per heavy atom. The molecule has 1 heterocycles. The minimum Gasteiger partial charge on any atom is -0.369 e. The smallest absolute Gasteiger partial charge is 0.132 e. The highest BCUT2D eigenvalue weighted by molar-refractivity contribution is 5.46. The summed E-state index contributed by atoms with van der Waals surface area (Å²) < 4.78 is 0. The Kier molecular flexibility index (Phi) is 4.93. The van der Waals surface area contributed by atoms with E-state index in [-0.39, 0.29) is 0 Å². The number of hydrogen-bond acceptors (Lipinski definition) is 4. The van der Waals surface area contributed by atoms with Crippen LogP contribution < -0.4 is 10.6 Å². The molecule has 0 aromatic carbocycles. The van der Waals surface area contributed by atoms with E-state index in [0.717, 1.165) is 31.7 Å². The van der Waals surface area contributed by atoms with E-state index in [4.69, 9.17) is 0 Å². The lowest BCUT2D eigenvalue weighted by Crippen LogP contribution is -2.23. The average molecular weight is 248 g/mol. The third kappa shape index (κ3) is 3.42. The Bertz CT molecular complexity index is 378. The van der Waals surface area contributed by atoms with E-state index in [1.54, 1.807) is 6.33 Å². The third-order valence-electron chi connectivity index (χ3n) is 3.55. The van der Waals surface area contributed by atoms with Crippen molar-refractivity contribution in [2.45, 2.75) is 39.0 Å². The van der Waals surface area contributed by atoms with E-state index in [1.165, 1.54) is 30.5 Å². The fourth-order valence-corrected chi connectivity index (χ4v) is 2.54. The van der Waals surface area contributed by atoms with Crippen LogP contribution in [0.4, 0.5) is 5.82 Å². The number of aromatic nitrogens is 2. The second-order valence-corrected chi connectivity index (χ2v) is 5.25. The van der Waals surface area contributed by atoms with E-state index in [0.29, 0.717) is 5.92 Å². The van der Waals surface area contributed by atoms with Gasteiger partial charge < -0.3 is 10.6 Å². The predicted octanol–water partition coefficient (Wildman–Crippen LogP) is 2.01. The van der Waals surface area contributed by atoms with Gasteiger partial charge in [-0.1, -0.05) is 13.3 Å². The molecule has 1 aromatic rings. The van der Waals surface area contributed by atoms with Crippen LogP contribution >= 0.6 is 0 Å². The van der Waals surface area contributed by atoms with Crippen molar-refractivity contribution in [2.75, 3.05) is 25.5 Å². The van der Waals surface area contributed by atoms with Crippen molar-refractivity contribution in [3.8, 4) is 0 Å². The molecule has 1 unspecified atom stereocenters. The summed E-state index contributed by atoms with van der Waals surface area (Å²) in [5, 5.41) is 6.70. The van der Waals surface area contributed by atoms with Crippen molar-refractivity contribution in [3.05, 3.63) is 17.6 Å². The highest BCUT2D eigenvalue weighted by Crippen LogP contribution is 2.23. The molecule has 0 aliphatic heterocycles. The minimum absolute atomic E-state index is 0.603. The van der Waals surface area contributed by atoms with Gasteiger partial charge in [0, 0.05) is 17.8 Å². The molecule has 2 N–H and O–H groups in total. The van der Waals surface area contributed by atoms with Crippen molar-refractivity contribution < 1.29 is 0 Å². The number of rotatable bonds is 5. The molecule has 1 aliphatic rings. The molecule has 18 heavy (non-hydrogen) atoms. The van der Waals surface area contributed by atoms with Crippen LogP contribution in [0.5, 0.6) is 0 Å². The van der Waals surface area contributed by atoms with Gasteiger partial charge in [0.15, 0.2) is 0 Å². The van der Waals surface area contributed by atoms with E-state index < -0.39 is 0 Å². The largest absolute Gasteiger partial charge is 0.369 e. The van der Waals surface area contributed by atoms with Gasteiger partial charge in [-0.05, 0) is 45.2 Å². The summed E-state index contributed by atoms with van der Waals surface area (Å²) in [5.41, 5.74) is 2.61. The fourth-order valence-electron chi connectivity index (χ4n) is 2.54. The minimum atomic E-state index is 0.603. The molecule has 0 amide bonds. The molecule has 0 saturated carbocycles. The van der Waals surface area contributed by atoms with Crippen LogP contribution in [0.3, 0.4) is 0 Å². The second kappa shape index (κ2) is 6.69. The van der Waals surface area contributed by atoms with Gasteiger partial charge in [0.25, 0.3) is 0 Å². The first-order valence-electron chi connectivity index (χ1n) is 7.02. The maximum absolute atomic E-state index is 4.44. The molecule has 100 valence electrons. The van der Waals surface area contributed by atoms with E-state index >= 15 is 0 Å². The monoisotopic (exact) mass is 248 g/mol. The van der Waals surface area contributed by atoms with E-state index in [9.17, 15) is 0 Å². The van der Waals surface area contributed by atoms with Gasteiger partial charge in [-0.25, -0.2) is 9.97 Å². The number of hydrogen-bond donors (Lipinski definition) is 2. The zero-order valence-electron chi connectivity index (χ0n) is 11.5. The van der Waals surface area contributed by atoms with Crippen molar-refractivity contribution in [2.24, 2.45) is 5.92 Å². The third-order valence-corrected chi connectivity index (χ3v) is 3.55. The number of anilines is 1. The zero-order valence-corrected chi connectivity index (χ0v) is 11.5. The van der Waals surface area contributed by atoms with Crippen LogP contribution in [-0.4, -0.2) is 30.1 Å². The first kappa shape index (κ1) is 13.3. The normalized spacial score (nSPS) is 16.8. The second-order valence-electron chi connectivity index (χ2n) is 5.25. The van der Waals surface area contributed by atoms with Crippen molar-refractivity contribution in [1.29, 1.82) is 0 Å². The van der Waals surface area contributed by atoms with Gasteiger partial charge in [-0.3, -0.25) is 0 Å². The molecular formula is C14H24N4. The summed E-state index contributed by atoms with van der Waals surface area (Å²) in [6.45, 7) is 4.23. The highest BCUT2D eigenvalue weighted by atomic mass is 15.0. The fraction of sp³-hybridized carbons (Fsp3) is 0.714. The lowest BCUT2D eigenvalue weighted by Gasteiger charge is -2.15. The molecule has 0 spiro atoms. The Balaban J connectivity index is 2.04. The first-order chi connectivity index (χ1) is 8.81. The molecule has 0 radical (unpaired) electrons. The summed E-state index contributed by atoms with van der Waals surface area (Å²) in [6.07, 6.45) is 7.78. The summed E-state index contributed by atoms with van der Waals surface area (Å²) in [7, 11) is 1.99. The molecular weight excluding hydrogens is 224 g/mol. The van der Waals surface area contributed by atoms with Gasteiger partial charge >= 0.3 is 0 Å². The number of fused-ring (bicyclic) bond motifs is 1.